The first-order valence-electron chi connectivity index (χ1n) is 5.02. The van der Waals surface area contributed by atoms with Crippen molar-refractivity contribution in [3.63, 3.8) is 0 Å². The van der Waals surface area contributed by atoms with Crippen LogP contribution in [0.5, 0.6) is 0 Å². The van der Waals surface area contributed by atoms with E-state index in [-0.39, 0.29) is 12.2 Å². The number of ether oxygens (including phenoxy) is 1. The number of rotatable bonds is 3. The van der Waals surface area contributed by atoms with E-state index in [1.165, 1.54) is 12.3 Å². The third-order valence-electron chi connectivity index (χ3n) is 2.26. The van der Waals surface area contributed by atoms with Gasteiger partial charge in [-0.05, 0) is 35.0 Å². The summed E-state index contributed by atoms with van der Waals surface area (Å²) in [4.78, 5) is 23.2. The number of furan rings is 1. The molecule has 4 nitrogen and oxygen atoms in total. The van der Waals surface area contributed by atoms with Crippen molar-refractivity contribution < 1.29 is 18.7 Å². The first-order valence-corrected chi connectivity index (χ1v) is 5.81. The quantitative estimate of drug-likeness (QED) is 0.496. The van der Waals surface area contributed by atoms with E-state index in [0.29, 0.717) is 5.58 Å². The van der Waals surface area contributed by atoms with Crippen LogP contribution >= 0.6 is 15.9 Å². The fourth-order valence-corrected chi connectivity index (χ4v) is 1.92. The number of Topliss-reactive ketones (excluding diaryl/α,β-unsaturated/α-hetero) is 1. The van der Waals surface area contributed by atoms with Crippen LogP contribution in [0, 0.1) is 0 Å². The maximum atomic E-state index is 11.8. The zero-order chi connectivity index (χ0) is 12.4. The monoisotopic (exact) mass is 296 g/mol. The van der Waals surface area contributed by atoms with Gasteiger partial charge in [0, 0.05) is 5.39 Å². The Morgan fingerprint density at radius 1 is 1.41 bits per heavy atom. The normalized spacial score (nSPS) is 10.5. The smallest absolute Gasteiger partial charge is 0.379 e. The second kappa shape index (κ2) is 4.71. The molecule has 0 aliphatic heterocycles. The standard InChI is InChI=1S/C12H9BrO4/c1-2-16-12(15)10(14)8-5-3-4-7-9(13)6-17-11(7)8/h3-6H,2H2,1H3. The van der Waals surface area contributed by atoms with E-state index in [0.717, 1.165) is 9.86 Å². The summed E-state index contributed by atoms with van der Waals surface area (Å²) in [6, 6.07) is 5.03. The van der Waals surface area contributed by atoms with E-state index in [4.69, 9.17) is 4.42 Å². The lowest BCUT2D eigenvalue weighted by molar-refractivity contribution is -0.137. The van der Waals surface area contributed by atoms with Crippen molar-refractivity contribution in [3.8, 4) is 0 Å². The van der Waals surface area contributed by atoms with Crippen molar-refractivity contribution >= 4 is 38.7 Å². The highest BCUT2D eigenvalue weighted by molar-refractivity contribution is 9.10. The number of benzene rings is 1. The third kappa shape index (κ3) is 2.10. The average molecular weight is 297 g/mol. The lowest BCUT2D eigenvalue weighted by Crippen LogP contribution is -2.17. The number of ketones is 1. The SMILES string of the molecule is CCOC(=O)C(=O)c1cccc2c(Br)coc12. The number of fused-ring (bicyclic) bond motifs is 1. The fraction of sp³-hybridized carbons (Fsp3) is 0.167. The Kier molecular flexibility index (Phi) is 3.28. The highest BCUT2D eigenvalue weighted by Gasteiger charge is 2.22. The first-order chi connectivity index (χ1) is 8.15. The zero-order valence-electron chi connectivity index (χ0n) is 9.03. The van der Waals surface area contributed by atoms with Gasteiger partial charge in [0.2, 0.25) is 0 Å². The summed E-state index contributed by atoms with van der Waals surface area (Å²) in [5.41, 5.74) is 0.601. The summed E-state index contributed by atoms with van der Waals surface area (Å²) < 4.78 is 10.7. The van der Waals surface area contributed by atoms with Crippen LogP contribution in [0.2, 0.25) is 0 Å². The molecule has 0 saturated heterocycles. The van der Waals surface area contributed by atoms with E-state index in [9.17, 15) is 9.59 Å². The van der Waals surface area contributed by atoms with E-state index < -0.39 is 11.8 Å². The first kappa shape index (κ1) is 11.9. The third-order valence-corrected chi connectivity index (χ3v) is 2.87. The summed E-state index contributed by atoms with van der Waals surface area (Å²) in [7, 11) is 0. The number of hydrogen-bond acceptors (Lipinski definition) is 4. The van der Waals surface area contributed by atoms with Crippen LogP contribution in [-0.2, 0) is 9.53 Å². The Balaban J connectivity index is 2.49. The summed E-state index contributed by atoms with van der Waals surface area (Å²) in [6.07, 6.45) is 1.48. The van der Waals surface area contributed by atoms with Crippen LogP contribution in [0.15, 0.2) is 33.4 Å². The second-order valence-corrected chi connectivity index (χ2v) is 4.17. The van der Waals surface area contributed by atoms with Crippen LogP contribution in [0.25, 0.3) is 11.0 Å². The van der Waals surface area contributed by atoms with Crippen LogP contribution in [0.1, 0.15) is 17.3 Å². The van der Waals surface area contributed by atoms with Crippen molar-refractivity contribution in [1.82, 2.24) is 0 Å². The minimum atomic E-state index is -0.868. The van der Waals surface area contributed by atoms with E-state index in [1.807, 2.05) is 0 Å². The second-order valence-electron chi connectivity index (χ2n) is 3.32. The molecule has 1 heterocycles. The van der Waals surface area contributed by atoms with Gasteiger partial charge in [0.1, 0.15) is 11.8 Å². The Morgan fingerprint density at radius 3 is 2.88 bits per heavy atom. The van der Waals surface area contributed by atoms with Gasteiger partial charge in [0.25, 0.3) is 5.78 Å². The molecule has 0 amide bonds. The van der Waals surface area contributed by atoms with Gasteiger partial charge in [0.05, 0.1) is 16.6 Å². The largest absolute Gasteiger partial charge is 0.462 e. The van der Waals surface area contributed by atoms with Gasteiger partial charge in [-0.15, -0.1) is 0 Å². The van der Waals surface area contributed by atoms with Gasteiger partial charge in [-0.25, -0.2) is 4.79 Å². The molecular weight excluding hydrogens is 288 g/mol. The van der Waals surface area contributed by atoms with Crippen molar-refractivity contribution in [2.45, 2.75) is 6.92 Å². The Bertz CT molecular complexity index is 585. The number of carbonyl (C=O) groups excluding carboxylic acids is 2. The van der Waals surface area contributed by atoms with Crippen molar-refractivity contribution in [3.05, 3.63) is 34.5 Å². The topological polar surface area (TPSA) is 56.5 Å². The van der Waals surface area contributed by atoms with Crippen molar-refractivity contribution in [2.75, 3.05) is 6.61 Å². The molecule has 17 heavy (non-hydrogen) atoms. The molecule has 0 bridgehead atoms. The summed E-state index contributed by atoms with van der Waals surface area (Å²) in [6.45, 7) is 1.82. The molecule has 1 aromatic heterocycles. The highest BCUT2D eigenvalue weighted by atomic mass is 79.9. The van der Waals surface area contributed by atoms with Gasteiger partial charge in [0.15, 0.2) is 0 Å². The molecular formula is C12H9BrO4. The van der Waals surface area contributed by atoms with Crippen LogP contribution < -0.4 is 0 Å². The van der Waals surface area contributed by atoms with Gasteiger partial charge < -0.3 is 9.15 Å². The lowest BCUT2D eigenvalue weighted by Gasteiger charge is -2.01. The Labute approximate surface area is 106 Å². The zero-order valence-corrected chi connectivity index (χ0v) is 10.6. The van der Waals surface area contributed by atoms with Gasteiger partial charge >= 0.3 is 5.97 Å². The maximum Gasteiger partial charge on any atom is 0.379 e. The lowest BCUT2D eigenvalue weighted by atomic mass is 10.1. The molecule has 2 rings (SSSR count). The molecule has 88 valence electrons. The van der Waals surface area contributed by atoms with E-state index in [2.05, 4.69) is 20.7 Å². The molecule has 0 aliphatic rings. The molecule has 0 N–H and O–H groups in total. The predicted octanol–water partition coefficient (Wildman–Crippen LogP) is 2.94. The molecule has 0 fully saturated rings. The molecule has 5 heteroatoms. The molecule has 0 spiro atoms. The van der Waals surface area contributed by atoms with Crippen molar-refractivity contribution in [2.24, 2.45) is 0 Å². The predicted molar refractivity (Wildman–Crippen MR) is 64.9 cm³/mol. The van der Waals surface area contributed by atoms with Crippen LogP contribution in [0.4, 0.5) is 0 Å². The van der Waals surface area contributed by atoms with Crippen LogP contribution in [-0.4, -0.2) is 18.4 Å². The molecule has 0 atom stereocenters. The van der Waals surface area contributed by atoms with Crippen molar-refractivity contribution in [1.29, 1.82) is 0 Å². The van der Waals surface area contributed by atoms with Gasteiger partial charge in [-0.3, -0.25) is 4.79 Å². The number of hydrogen-bond donors (Lipinski definition) is 0. The number of para-hydroxylation sites is 1. The number of halogens is 1. The average Bonchev–Trinajstić information content (AvgIpc) is 2.71. The van der Waals surface area contributed by atoms with Gasteiger partial charge in [-0.1, -0.05) is 6.07 Å². The molecule has 0 radical (unpaired) electrons. The fourth-order valence-electron chi connectivity index (χ4n) is 1.51. The minimum absolute atomic E-state index is 0.169. The van der Waals surface area contributed by atoms with Crippen LogP contribution in [0.3, 0.4) is 0 Å². The molecule has 0 saturated carbocycles. The summed E-state index contributed by atoms with van der Waals surface area (Å²) in [5, 5.41) is 0.750. The maximum absolute atomic E-state index is 11.8. The van der Waals surface area contributed by atoms with E-state index >= 15 is 0 Å². The minimum Gasteiger partial charge on any atom is -0.462 e. The molecule has 1 aromatic carbocycles. The van der Waals surface area contributed by atoms with E-state index in [1.54, 1.807) is 19.1 Å². The summed E-state index contributed by atoms with van der Waals surface area (Å²) in [5.74, 6) is -1.56. The number of esters is 1. The Hall–Kier alpha value is -1.62. The highest BCUT2D eigenvalue weighted by Crippen LogP contribution is 2.28. The summed E-state index contributed by atoms with van der Waals surface area (Å²) >= 11 is 3.30. The molecule has 0 unspecified atom stereocenters. The number of carbonyl (C=O) groups is 2. The van der Waals surface area contributed by atoms with Gasteiger partial charge in [-0.2, -0.15) is 0 Å². The Morgan fingerprint density at radius 2 is 2.18 bits per heavy atom. The molecule has 0 aliphatic carbocycles. The molecule has 2 aromatic rings.